The number of carboxylic acid groups (broad SMARTS) is 1. The maximum absolute atomic E-state index is 12.7. The number of nitrogens with two attached hydrogens (primary N) is 1. The fourth-order valence-corrected chi connectivity index (χ4v) is 3.52. The first kappa shape index (κ1) is 23.7. The number of benzene rings is 1. The van der Waals surface area contributed by atoms with Gasteiger partial charge in [-0.3, -0.25) is 9.59 Å². The Labute approximate surface area is 175 Å². The molecule has 0 unspecified atom stereocenters. The highest BCUT2D eigenvalue weighted by molar-refractivity contribution is 6.40. The second kappa shape index (κ2) is 10.4. The predicted octanol–water partition coefficient (Wildman–Crippen LogP) is -0.205. The molecule has 1 aliphatic heterocycles. The van der Waals surface area contributed by atoms with Gasteiger partial charge in [0, 0.05) is 19.0 Å². The third kappa shape index (κ3) is 6.18. The molecule has 2 amide bonds. The quantitative estimate of drug-likeness (QED) is 0.342. The van der Waals surface area contributed by atoms with Gasteiger partial charge in [0.1, 0.15) is 18.2 Å². The van der Waals surface area contributed by atoms with Crippen LogP contribution in [0.3, 0.4) is 0 Å². The summed E-state index contributed by atoms with van der Waals surface area (Å²) in [5.41, 5.74) is 5.24. The van der Waals surface area contributed by atoms with Crippen molar-refractivity contribution in [3.05, 3.63) is 35.9 Å². The minimum absolute atomic E-state index is 0.0566. The standard InChI is InChI=1S/C19H28BN3O7/c1-13(22-18(27)30-11-14-6-3-2-4-7-14)16(24)23-10-15(8-5-9-20(28)29)19(21,12-23)17(25)26/h2-4,6-7,13,15,28-29H,5,8-12,21H2,1H3,(H,22,27)(H,25,26)/t13-,15-,19-/m0/s1. The van der Waals surface area contributed by atoms with Crippen LogP contribution in [0.1, 0.15) is 25.3 Å². The molecular formula is C19H28BN3O7. The van der Waals surface area contributed by atoms with Crippen molar-refractivity contribution in [3.63, 3.8) is 0 Å². The lowest BCUT2D eigenvalue weighted by atomic mass is 9.78. The first-order valence-electron chi connectivity index (χ1n) is 9.78. The van der Waals surface area contributed by atoms with Crippen molar-refractivity contribution in [1.82, 2.24) is 10.2 Å². The molecule has 0 aromatic heterocycles. The van der Waals surface area contributed by atoms with Crippen LogP contribution in [0, 0.1) is 5.92 Å². The molecule has 0 saturated carbocycles. The third-order valence-corrected chi connectivity index (χ3v) is 5.26. The van der Waals surface area contributed by atoms with Crippen molar-refractivity contribution < 1.29 is 34.3 Å². The van der Waals surface area contributed by atoms with E-state index in [9.17, 15) is 19.5 Å². The lowest BCUT2D eigenvalue weighted by Crippen LogP contribution is -2.55. The number of rotatable bonds is 9. The summed E-state index contributed by atoms with van der Waals surface area (Å²) in [6.07, 6.45) is 0.0109. The summed E-state index contributed by atoms with van der Waals surface area (Å²) in [6, 6.07) is 8.15. The number of nitrogens with one attached hydrogen (secondary N) is 1. The van der Waals surface area contributed by atoms with Gasteiger partial charge in [-0.2, -0.15) is 0 Å². The molecule has 3 atom stereocenters. The van der Waals surface area contributed by atoms with Crippen LogP contribution in [0.2, 0.25) is 6.32 Å². The molecule has 1 aromatic carbocycles. The molecule has 1 aliphatic rings. The third-order valence-electron chi connectivity index (χ3n) is 5.26. The summed E-state index contributed by atoms with van der Waals surface area (Å²) >= 11 is 0. The molecule has 6 N–H and O–H groups in total. The minimum Gasteiger partial charge on any atom is -0.480 e. The highest BCUT2D eigenvalue weighted by Crippen LogP contribution is 2.31. The molecule has 2 rings (SSSR count). The average molecular weight is 421 g/mol. The topological polar surface area (TPSA) is 162 Å². The fraction of sp³-hybridized carbons (Fsp3) is 0.526. The molecule has 1 heterocycles. The Morgan fingerprint density at radius 1 is 1.33 bits per heavy atom. The minimum atomic E-state index is -1.64. The maximum Gasteiger partial charge on any atom is 0.451 e. The van der Waals surface area contributed by atoms with Crippen LogP contribution in [0.5, 0.6) is 0 Å². The van der Waals surface area contributed by atoms with E-state index in [0.717, 1.165) is 5.56 Å². The highest BCUT2D eigenvalue weighted by atomic mass is 16.5. The Hall–Kier alpha value is -2.63. The molecule has 1 saturated heterocycles. The van der Waals surface area contributed by atoms with E-state index in [0.29, 0.717) is 12.8 Å². The number of carbonyl (C=O) groups is 3. The van der Waals surface area contributed by atoms with Gasteiger partial charge in [0.05, 0.1) is 0 Å². The SMILES string of the molecule is C[C@H](NC(=O)OCc1ccccc1)C(=O)N1C[C@H](CCCB(O)O)[C@](N)(C(=O)O)C1. The molecule has 1 fully saturated rings. The Morgan fingerprint density at radius 3 is 2.60 bits per heavy atom. The summed E-state index contributed by atoms with van der Waals surface area (Å²) in [5.74, 6) is -2.24. The number of carbonyl (C=O) groups excluding carboxylic acids is 2. The van der Waals surface area contributed by atoms with Gasteiger partial charge in [-0.15, -0.1) is 0 Å². The normalized spacial score (nSPS) is 21.7. The van der Waals surface area contributed by atoms with Crippen LogP contribution in [0.4, 0.5) is 4.79 Å². The van der Waals surface area contributed by atoms with E-state index in [1.54, 1.807) is 12.1 Å². The van der Waals surface area contributed by atoms with Gasteiger partial charge in [0.25, 0.3) is 0 Å². The van der Waals surface area contributed by atoms with E-state index in [1.165, 1.54) is 11.8 Å². The van der Waals surface area contributed by atoms with Crippen LogP contribution in [-0.2, 0) is 20.9 Å². The number of aliphatic carboxylic acids is 1. The summed E-state index contributed by atoms with van der Waals surface area (Å²) in [4.78, 5) is 37.7. The monoisotopic (exact) mass is 421 g/mol. The van der Waals surface area contributed by atoms with Gasteiger partial charge in [-0.25, -0.2) is 4.79 Å². The zero-order chi connectivity index (χ0) is 22.3. The molecule has 10 nitrogen and oxygen atoms in total. The Morgan fingerprint density at radius 2 is 2.00 bits per heavy atom. The molecule has 30 heavy (non-hydrogen) atoms. The number of nitrogens with zero attached hydrogens (tertiary/aromatic N) is 1. The lowest BCUT2D eigenvalue weighted by molar-refractivity contribution is -0.144. The summed E-state index contributed by atoms with van der Waals surface area (Å²) in [5, 5.41) is 30.0. The second-order valence-electron chi connectivity index (χ2n) is 7.60. The van der Waals surface area contributed by atoms with Gasteiger partial charge >= 0.3 is 19.2 Å². The van der Waals surface area contributed by atoms with E-state index in [4.69, 9.17) is 20.5 Å². The zero-order valence-corrected chi connectivity index (χ0v) is 16.9. The smallest absolute Gasteiger partial charge is 0.451 e. The summed E-state index contributed by atoms with van der Waals surface area (Å²) in [7, 11) is -1.48. The number of amides is 2. The van der Waals surface area contributed by atoms with Crippen LogP contribution >= 0.6 is 0 Å². The van der Waals surface area contributed by atoms with Crippen molar-refractivity contribution in [2.45, 2.75) is 44.3 Å². The predicted molar refractivity (Wildman–Crippen MR) is 108 cm³/mol. The van der Waals surface area contributed by atoms with E-state index < -0.39 is 42.6 Å². The average Bonchev–Trinajstić information content (AvgIpc) is 3.04. The van der Waals surface area contributed by atoms with Gasteiger partial charge in [0.2, 0.25) is 5.91 Å². The Balaban J connectivity index is 1.91. The summed E-state index contributed by atoms with van der Waals surface area (Å²) < 4.78 is 5.10. The summed E-state index contributed by atoms with van der Waals surface area (Å²) in [6.45, 7) is 1.45. The van der Waals surface area contributed by atoms with Gasteiger partial charge in [-0.05, 0) is 25.2 Å². The van der Waals surface area contributed by atoms with Crippen molar-refractivity contribution >= 4 is 25.1 Å². The van der Waals surface area contributed by atoms with E-state index >= 15 is 0 Å². The number of ether oxygens (including phenoxy) is 1. The molecule has 0 bridgehead atoms. The van der Waals surface area contributed by atoms with Crippen molar-refractivity contribution in [1.29, 1.82) is 0 Å². The van der Waals surface area contributed by atoms with Gasteiger partial charge in [-0.1, -0.05) is 36.8 Å². The molecule has 11 heteroatoms. The first-order chi connectivity index (χ1) is 14.1. The number of carboxylic acids is 1. The Bertz CT molecular complexity index is 749. The fourth-order valence-electron chi connectivity index (χ4n) is 3.52. The van der Waals surface area contributed by atoms with E-state index in [1.807, 2.05) is 18.2 Å². The number of likely N-dealkylation sites (tertiary alicyclic amines) is 1. The van der Waals surface area contributed by atoms with Crippen LogP contribution < -0.4 is 11.1 Å². The molecular weight excluding hydrogens is 393 g/mol. The Kier molecular flexibility index (Phi) is 8.21. The molecule has 0 aliphatic carbocycles. The number of hydrogen-bond acceptors (Lipinski definition) is 7. The molecule has 0 spiro atoms. The lowest BCUT2D eigenvalue weighted by Gasteiger charge is -2.25. The highest BCUT2D eigenvalue weighted by Gasteiger charge is 2.51. The zero-order valence-electron chi connectivity index (χ0n) is 16.9. The largest absolute Gasteiger partial charge is 0.480 e. The van der Waals surface area contributed by atoms with Crippen LogP contribution in [-0.4, -0.2) is 69.8 Å². The maximum atomic E-state index is 12.7. The molecule has 0 radical (unpaired) electrons. The van der Waals surface area contributed by atoms with Crippen molar-refractivity contribution in [3.8, 4) is 0 Å². The molecule has 164 valence electrons. The van der Waals surface area contributed by atoms with Crippen molar-refractivity contribution in [2.75, 3.05) is 13.1 Å². The first-order valence-corrected chi connectivity index (χ1v) is 9.78. The van der Waals surface area contributed by atoms with Crippen LogP contribution in [0.15, 0.2) is 30.3 Å². The number of hydrogen-bond donors (Lipinski definition) is 5. The number of alkyl carbamates (subject to hydrolysis) is 1. The van der Waals surface area contributed by atoms with Gasteiger partial charge in [0.15, 0.2) is 0 Å². The van der Waals surface area contributed by atoms with Gasteiger partial charge < -0.3 is 35.8 Å². The molecule has 1 aromatic rings. The second-order valence-corrected chi connectivity index (χ2v) is 7.60. The van der Waals surface area contributed by atoms with Crippen LogP contribution in [0.25, 0.3) is 0 Å². The van der Waals surface area contributed by atoms with E-state index in [2.05, 4.69) is 5.32 Å². The van der Waals surface area contributed by atoms with Crippen molar-refractivity contribution in [2.24, 2.45) is 11.7 Å². The van der Waals surface area contributed by atoms with E-state index in [-0.39, 0.29) is 26.0 Å².